The van der Waals surface area contributed by atoms with Gasteiger partial charge < -0.3 is 10.6 Å². The Kier molecular flexibility index (Phi) is 3.56. The Morgan fingerprint density at radius 3 is 3.00 bits per heavy atom. The van der Waals surface area contributed by atoms with Gasteiger partial charge in [-0.2, -0.15) is 0 Å². The van der Waals surface area contributed by atoms with Crippen molar-refractivity contribution in [1.82, 2.24) is 4.98 Å². The molecule has 0 amide bonds. The third-order valence-electron chi connectivity index (χ3n) is 3.09. The maximum Gasteiger partial charge on any atom is 0.128 e. The largest absolute Gasteiger partial charge is 0.352 e. The van der Waals surface area contributed by atoms with Crippen LogP contribution in [-0.2, 0) is 0 Å². The predicted molar refractivity (Wildman–Crippen MR) is 62.9 cm³/mol. The molecule has 2 rings (SSSR count). The van der Waals surface area contributed by atoms with Crippen LogP contribution in [0.1, 0.15) is 25.7 Å². The van der Waals surface area contributed by atoms with Gasteiger partial charge in [0, 0.05) is 25.3 Å². The maximum atomic E-state index is 5.83. The Labute approximate surface area is 91.3 Å². The molecule has 15 heavy (non-hydrogen) atoms. The fourth-order valence-corrected chi connectivity index (χ4v) is 2.25. The van der Waals surface area contributed by atoms with Gasteiger partial charge in [0.2, 0.25) is 0 Å². The zero-order valence-electron chi connectivity index (χ0n) is 9.10. The van der Waals surface area contributed by atoms with Crippen LogP contribution < -0.4 is 10.6 Å². The molecule has 0 bridgehead atoms. The van der Waals surface area contributed by atoms with Crippen LogP contribution in [0, 0.1) is 0 Å². The second kappa shape index (κ2) is 5.12. The normalized spacial score (nSPS) is 22.5. The molecule has 1 saturated heterocycles. The van der Waals surface area contributed by atoms with Crippen molar-refractivity contribution < 1.29 is 0 Å². The Hall–Kier alpha value is -1.09. The number of rotatable bonds is 2. The number of hydrogen-bond donors (Lipinski definition) is 1. The van der Waals surface area contributed by atoms with E-state index in [1.165, 1.54) is 25.7 Å². The predicted octanol–water partition coefficient (Wildman–Crippen LogP) is 1.79. The van der Waals surface area contributed by atoms with Crippen LogP contribution in [0.25, 0.3) is 0 Å². The van der Waals surface area contributed by atoms with Gasteiger partial charge in [-0.15, -0.1) is 0 Å². The fourth-order valence-electron chi connectivity index (χ4n) is 2.25. The molecule has 2 heterocycles. The molecule has 1 fully saturated rings. The van der Waals surface area contributed by atoms with E-state index in [0.29, 0.717) is 6.04 Å². The summed E-state index contributed by atoms with van der Waals surface area (Å²) in [6.45, 7) is 1.83. The molecule has 0 spiro atoms. The van der Waals surface area contributed by atoms with Crippen molar-refractivity contribution in [2.45, 2.75) is 31.7 Å². The van der Waals surface area contributed by atoms with E-state index >= 15 is 0 Å². The van der Waals surface area contributed by atoms with Crippen molar-refractivity contribution in [2.24, 2.45) is 5.73 Å². The number of hydrogen-bond acceptors (Lipinski definition) is 3. The molecule has 0 aromatic carbocycles. The SMILES string of the molecule is NCC1CCCCCN1c1ccccn1. The number of anilines is 1. The molecule has 1 aliphatic heterocycles. The second-order valence-electron chi connectivity index (χ2n) is 4.12. The zero-order valence-corrected chi connectivity index (χ0v) is 9.10. The lowest BCUT2D eigenvalue weighted by atomic mass is 10.1. The van der Waals surface area contributed by atoms with Crippen molar-refractivity contribution in [3.63, 3.8) is 0 Å². The summed E-state index contributed by atoms with van der Waals surface area (Å²) < 4.78 is 0. The van der Waals surface area contributed by atoms with Crippen molar-refractivity contribution in [3.05, 3.63) is 24.4 Å². The Morgan fingerprint density at radius 2 is 2.27 bits per heavy atom. The second-order valence-corrected chi connectivity index (χ2v) is 4.12. The average Bonchev–Trinajstić information content (AvgIpc) is 2.55. The molecule has 0 radical (unpaired) electrons. The van der Waals surface area contributed by atoms with Gasteiger partial charge in [-0.05, 0) is 25.0 Å². The highest BCUT2D eigenvalue weighted by atomic mass is 15.2. The van der Waals surface area contributed by atoms with E-state index in [1.54, 1.807) is 0 Å². The summed E-state index contributed by atoms with van der Waals surface area (Å²) in [4.78, 5) is 6.78. The molecule has 1 aromatic heterocycles. The fraction of sp³-hybridized carbons (Fsp3) is 0.583. The smallest absolute Gasteiger partial charge is 0.128 e. The van der Waals surface area contributed by atoms with Crippen molar-refractivity contribution >= 4 is 5.82 Å². The maximum absolute atomic E-state index is 5.83. The molecule has 3 nitrogen and oxygen atoms in total. The van der Waals surface area contributed by atoms with Crippen LogP contribution in [0.15, 0.2) is 24.4 Å². The molecule has 2 N–H and O–H groups in total. The minimum atomic E-state index is 0.474. The lowest BCUT2D eigenvalue weighted by Gasteiger charge is -2.30. The molecular weight excluding hydrogens is 186 g/mol. The number of aromatic nitrogens is 1. The van der Waals surface area contributed by atoms with E-state index in [9.17, 15) is 0 Å². The molecule has 1 atom stereocenters. The third-order valence-corrected chi connectivity index (χ3v) is 3.09. The topological polar surface area (TPSA) is 42.1 Å². The van der Waals surface area contributed by atoms with Gasteiger partial charge in [-0.1, -0.05) is 18.9 Å². The Bertz CT molecular complexity index is 286. The van der Waals surface area contributed by atoms with E-state index in [1.807, 2.05) is 18.3 Å². The van der Waals surface area contributed by atoms with Crippen LogP contribution in [-0.4, -0.2) is 24.1 Å². The van der Waals surface area contributed by atoms with Gasteiger partial charge in [0.05, 0.1) is 0 Å². The van der Waals surface area contributed by atoms with Crippen molar-refractivity contribution in [2.75, 3.05) is 18.0 Å². The van der Waals surface area contributed by atoms with Crippen molar-refractivity contribution in [3.8, 4) is 0 Å². The van der Waals surface area contributed by atoms with Gasteiger partial charge in [0.25, 0.3) is 0 Å². The van der Waals surface area contributed by atoms with Gasteiger partial charge in [-0.25, -0.2) is 4.98 Å². The average molecular weight is 205 g/mol. The number of nitrogens with zero attached hydrogens (tertiary/aromatic N) is 2. The van der Waals surface area contributed by atoms with Gasteiger partial charge >= 0.3 is 0 Å². The summed E-state index contributed by atoms with van der Waals surface area (Å²) in [5.41, 5.74) is 5.83. The summed E-state index contributed by atoms with van der Waals surface area (Å²) in [5, 5.41) is 0. The molecule has 1 unspecified atom stereocenters. The highest BCUT2D eigenvalue weighted by molar-refractivity contribution is 5.39. The monoisotopic (exact) mass is 205 g/mol. The summed E-state index contributed by atoms with van der Waals surface area (Å²) in [6.07, 6.45) is 6.93. The molecule has 3 heteroatoms. The van der Waals surface area contributed by atoms with E-state index in [2.05, 4.69) is 16.0 Å². The molecule has 1 aromatic rings. The molecule has 0 aliphatic carbocycles. The summed E-state index contributed by atoms with van der Waals surface area (Å²) >= 11 is 0. The molecule has 1 aliphatic rings. The van der Waals surface area contributed by atoms with E-state index < -0.39 is 0 Å². The standard InChI is InChI=1S/C12H19N3/c13-10-11-6-2-1-5-9-15(11)12-7-3-4-8-14-12/h3-4,7-8,11H,1-2,5-6,9-10,13H2. The molecule has 82 valence electrons. The number of pyridine rings is 1. The number of nitrogens with two attached hydrogens (primary N) is 1. The first kappa shape index (κ1) is 10.4. The zero-order chi connectivity index (χ0) is 10.5. The summed E-state index contributed by atoms with van der Waals surface area (Å²) in [7, 11) is 0. The molecule has 0 saturated carbocycles. The highest BCUT2D eigenvalue weighted by Crippen LogP contribution is 2.21. The molecular formula is C12H19N3. The lowest BCUT2D eigenvalue weighted by molar-refractivity contribution is 0.576. The van der Waals surface area contributed by atoms with Gasteiger partial charge in [0.1, 0.15) is 5.82 Å². The first-order valence-electron chi connectivity index (χ1n) is 5.79. The quantitative estimate of drug-likeness (QED) is 0.800. The van der Waals surface area contributed by atoms with Gasteiger partial charge in [0.15, 0.2) is 0 Å². The summed E-state index contributed by atoms with van der Waals surface area (Å²) in [5.74, 6) is 1.08. The third kappa shape index (κ3) is 2.48. The Balaban J connectivity index is 2.16. The van der Waals surface area contributed by atoms with E-state index in [4.69, 9.17) is 5.73 Å². The van der Waals surface area contributed by atoms with E-state index in [0.717, 1.165) is 18.9 Å². The minimum absolute atomic E-state index is 0.474. The van der Waals surface area contributed by atoms with Crippen LogP contribution in [0.3, 0.4) is 0 Å². The minimum Gasteiger partial charge on any atom is -0.352 e. The van der Waals surface area contributed by atoms with E-state index in [-0.39, 0.29) is 0 Å². The Morgan fingerprint density at radius 1 is 1.33 bits per heavy atom. The lowest BCUT2D eigenvalue weighted by Crippen LogP contribution is -2.40. The van der Waals surface area contributed by atoms with Crippen LogP contribution >= 0.6 is 0 Å². The van der Waals surface area contributed by atoms with Crippen LogP contribution in [0.5, 0.6) is 0 Å². The van der Waals surface area contributed by atoms with Crippen molar-refractivity contribution in [1.29, 1.82) is 0 Å². The van der Waals surface area contributed by atoms with Crippen LogP contribution in [0.2, 0.25) is 0 Å². The first-order chi connectivity index (χ1) is 7.42. The van der Waals surface area contributed by atoms with Gasteiger partial charge in [-0.3, -0.25) is 0 Å². The van der Waals surface area contributed by atoms with Crippen LogP contribution in [0.4, 0.5) is 5.82 Å². The highest BCUT2D eigenvalue weighted by Gasteiger charge is 2.20. The summed E-state index contributed by atoms with van der Waals surface area (Å²) in [6, 6.07) is 6.55. The first-order valence-corrected chi connectivity index (χ1v) is 5.79.